The third-order valence-corrected chi connectivity index (χ3v) is 4.25. The topological polar surface area (TPSA) is 82.7 Å². The van der Waals surface area contributed by atoms with Gasteiger partial charge in [-0.05, 0) is 29.9 Å². The van der Waals surface area contributed by atoms with Gasteiger partial charge < -0.3 is 15.0 Å². The number of carbonyl (C=O) groups is 2. The summed E-state index contributed by atoms with van der Waals surface area (Å²) in [6.45, 7) is 1.14. The van der Waals surface area contributed by atoms with Crippen LogP contribution in [0.5, 0.6) is 5.75 Å². The lowest BCUT2D eigenvalue weighted by molar-refractivity contribution is -0.122. The molecule has 0 aromatic heterocycles. The van der Waals surface area contributed by atoms with Crippen LogP contribution in [-0.2, 0) is 11.3 Å². The van der Waals surface area contributed by atoms with Gasteiger partial charge >= 0.3 is 0 Å². The molecule has 1 aromatic carbocycles. The molecule has 0 spiro atoms. The Morgan fingerprint density at radius 2 is 2.09 bits per heavy atom. The molecular weight excluding hydrogens is 336 g/mol. The lowest BCUT2D eigenvalue weighted by Gasteiger charge is -2.15. The normalized spacial score (nSPS) is 13.6. The van der Waals surface area contributed by atoms with E-state index in [4.69, 9.17) is 17.0 Å². The van der Waals surface area contributed by atoms with Crippen molar-refractivity contribution in [2.75, 3.05) is 26.0 Å². The molecule has 1 saturated heterocycles. The van der Waals surface area contributed by atoms with E-state index in [-0.39, 0.29) is 17.7 Å². The summed E-state index contributed by atoms with van der Waals surface area (Å²) in [5.41, 5.74) is 6.11. The molecule has 1 aliphatic rings. The first-order chi connectivity index (χ1) is 11.1. The molecule has 2 rings (SSSR count). The van der Waals surface area contributed by atoms with E-state index in [2.05, 4.69) is 16.2 Å². The minimum absolute atomic E-state index is 0.0277. The van der Waals surface area contributed by atoms with Gasteiger partial charge in [-0.2, -0.15) is 0 Å². The highest BCUT2D eigenvalue weighted by Crippen LogP contribution is 2.16. The number of hydrazine groups is 1. The maximum absolute atomic E-state index is 11.7. The molecule has 0 radical (unpaired) electrons. The number of nitrogens with zero attached hydrogens (tertiary/aromatic N) is 1. The van der Waals surface area contributed by atoms with E-state index >= 15 is 0 Å². The molecule has 1 aromatic rings. The van der Waals surface area contributed by atoms with Gasteiger partial charge in [0.05, 0.1) is 7.11 Å². The van der Waals surface area contributed by atoms with Gasteiger partial charge in [0.2, 0.25) is 0 Å². The third-order valence-electron chi connectivity index (χ3n) is 3.11. The van der Waals surface area contributed by atoms with Gasteiger partial charge in [0.1, 0.15) is 12.3 Å². The highest BCUT2D eigenvalue weighted by molar-refractivity contribution is 8.13. The van der Waals surface area contributed by atoms with Gasteiger partial charge in [-0.1, -0.05) is 23.9 Å². The fraction of sp³-hybridized carbons (Fsp3) is 0.357. The van der Waals surface area contributed by atoms with E-state index in [1.165, 1.54) is 16.7 Å². The van der Waals surface area contributed by atoms with Crippen molar-refractivity contribution < 1.29 is 14.3 Å². The van der Waals surface area contributed by atoms with Gasteiger partial charge in [-0.25, -0.2) is 0 Å². The van der Waals surface area contributed by atoms with Crippen LogP contribution in [0, 0.1) is 0 Å². The average molecular weight is 354 g/mol. The van der Waals surface area contributed by atoms with Gasteiger partial charge in [0, 0.05) is 18.8 Å². The van der Waals surface area contributed by atoms with Gasteiger partial charge in [0.15, 0.2) is 5.11 Å². The van der Waals surface area contributed by atoms with Crippen molar-refractivity contribution in [3.05, 3.63) is 29.8 Å². The zero-order chi connectivity index (χ0) is 16.7. The molecule has 3 N–H and O–H groups in total. The first kappa shape index (κ1) is 17.4. The highest BCUT2D eigenvalue weighted by Gasteiger charge is 2.23. The monoisotopic (exact) mass is 354 g/mol. The van der Waals surface area contributed by atoms with E-state index < -0.39 is 0 Å². The zero-order valence-electron chi connectivity index (χ0n) is 12.6. The number of hydrogen-bond donors (Lipinski definition) is 3. The van der Waals surface area contributed by atoms with Gasteiger partial charge in [-0.3, -0.25) is 20.4 Å². The Morgan fingerprint density at radius 3 is 2.70 bits per heavy atom. The number of thioether (sulfide) groups is 1. The van der Waals surface area contributed by atoms with Crippen LogP contribution in [0.1, 0.15) is 5.56 Å². The maximum atomic E-state index is 11.7. The van der Waals surface area contributed by atoms with Crippen LogP contribution >= 0.6 is 24.0 Å². The van der Waals surface area contributed by atoms with Crippen LogP contribution in [0.4, 0.5) is 4.79 Å². The fourth-order valence-electron chi connectivity index (χ4n) is 1.88. The molecule has 124 valence electrons. The summed E-state index contributed by atoms with van der Waals surface area (Å²) in [4.78, 5) is 24.6. The number of benzene rings is 1. The molecule has 0 saturated carbocycles. The smallest absolute Gasteiger partial charge is 0.282 e. The molecule has 1 heterocycles. The van der Waals surface area contributed by atoms with E-state index in [1.54, 1.807) is 7.11 Å². The number of thiocarbonyl (C=S) groups is 1. The Bertz CT molecular complexity index is 580. The highest BCUT2D eigenvalue weighted by atomic mass is 32.2. The van der Waals surface area contributed by atoms with Crippen molar-refractivity contribution in [1.82, 2.24) is 21.1 Å². The summed E-state index contributed by atoms with van der Waals surface area (Å²) >= 11 is 6.30. The predicted octanol–water partition coefficient (Wildman–Crippen LogP) is 0.859. The average Bonchev–Trinajstić information content (AvgIpc) is 2.96. The summed E-state index contributed by atoms with van der Waals surface area (Å²) < 4.78 is 5.09. The van der Waals surface area contributed by atoms with Crippen molar-refractivity contribution in [2.45, 2.75) is 6.54 Å². The Balaban J connectivity index is 1.66. The van der Waals surface area contributed by atoms with Crippen LogP contribution in [0.15, 0.2) is 24.3 Å². The Morgan fingerprint density at radius 1 is 1.35 bits per heavy atom. The van der Waals surface area contributed by atoms with Crippen LogP contribution in [0.2, 0.25) is 0 Å². The zero-order valence-corrected chi connectivity index (χ0v) is 14.3. The standard InChI is InChI=1S/C14H18N4O3S2/c1-21-11-4-2-10(3-5-11)8-15-13(22)17-16-12(19)9-18-6-7-23-14(18)20/h2-5H,6-9H2,1H3,(H,16,19)(H2,15,17,22). The summed E-state index contributed by atoms with van der Waals surface area (Å²) in [7, 11) is 1.61. The second-order valence-corrected chi connectivity index (χ2v) is 6.19. The minimum atomic E-state index is -0.311. The number of nitrogens with one attached hydrogen (secondary N) is 3. The maximum Gasteiger partial charge on any atom is 0.282 e. The van der Waals surface area contributed by atoms with Crippen LogP contribution in [0.3, 0.4) is 0 Å². The quantitative estimate of drug-likeness (QED) is 0.534. The number of methoxy groups -OCH3 is 1. The van der Waals surface area contributed by atoms with Crippen LogP contribution in [0.25, 0.3) is 0 Å². The Hall–Kier alpha value is -2.00. The third kappa shape index (κ3) is 5.61. The second-order valence-electron chi connectivity index (χ2n) is 4.74. The van der Waals surface area contributed by atoms with E-state index in [0.717, 1.165) is 17.1 Å². The molecule has 23 heavy (non-hydrogen) atoms. The first-order valence-corrected chi connectivity index (χ1v) is 8.35. The number of amides is 2. The van der Waals surface area contributed by atoms with Crippen LogP contribution in [-0.4, -0.2) is 47.1 Å². The largest absolute Gasteiger partial charge is 0.497 e. The second kappa shape index (κ2) is 8.59. The molecule has 0 atom stereocenters. The molecule has 0 bridgehead atoms. The first-order valence-electron chi connectivity index (χ1n) is 6.96. The minimum Gasteiger partial charge on any atom is -0.497 e. The van der Waals surface area contributed by atoms with Crippen molar-refractivity contribution in [2.24, 2.45) is 0 Å². The molecule has 0 unspecified atom stereocenters. The molecular formula is C14H18N4O3S2. The fourth-order valence-corrected chi connectivity index (χ4v) is 2.83. The predicted molar refractivity (Wildman–Crippen MR) is 93.1 cm³/mol. The van der Waals surface area contributed by atoms with Crippen molar-refractivity contribution in [1.29, 1.82) is 0 Å². The number of carbonyl (C=O) groups excluding carboxylic acids is 2. The molecule has 0 aliphatic carbocycles. The van der Waals surface area contributed by atoms with E-state index in [1.807, 2.05) is 24.3 Å². The molecule has 9 heteroatoms. The summed E-state index contributed by atoms with van der Waals surface area (Å²) in [6.07, 6.45) is 0. The van der Waals surface area contributed by atoms with Crippen molar-refractivity contribution >= 4 is 40.2 Å². The summed E-state index contributed by atoms with van der Waals surface area (Å²) in [5, 5.41) is 3.21. The molecule has 7 nitrogen and oxygen atoms in total. The van der Waals surface area contributed by atoms with Gasteiger partial charge in [0.25, 0.3) is 11.1 Å². The molecule has 1 aliphatic heterocycles. The van der Waals surface area contributed by atoms with Gasteiger partial charge in [-0.15, -0.1) is 0 Å². The lowest BCUT2D eigenvalue weighted by Crippen LogP contribution is -2.49. The van der Waals surface area contributed by atoms with Crippen molar-refractivity contribution in [3.8, 4) is 5.75 Å². The lowest BCUT2D eigenvalue weighted by atomic mass is 10.2. The molecule has 1 fully saturated rings. The summed E-state index contributed by atoms with van der Waals surface area (Å²) in [5.74, 6) is 1.20. The SMILES string of the molecule is COc1ccc(CNC(=S)NNC(=O)CN2CCSC2=O)cc1. The Labute approximate surface area is 144 Å². The number of rotatable bonds is 5. The van der Waals surface area contributed by atoms with E-state index in [9.17, 15) is 9.59 Å². The summed E-state index contributed by atoms with van der Waals surface area (Å²) in [6, 6.07) is 7.56. The number of ether oxygens (including phenoxy) is 1. The Kier molecular flexibility index (Phi) is 6.48. The number of hydrogen-bond acceptors (Lipinski definition) is 5. The molecule has 2 amide bonds. The van der Waals surface area contributed by atoms with Crippen LogP contribution < -0.4 is 20.9 Å². The van der Waals surface area contributed by atoms with Crippen molar-refractivity contribution in [3.63, 3.8) is 0 Å². The van der Waals surface area contributed by atoms with E-state index in [0.29, 0.717) is 18.2 Å².